The molecule has 3 aromatic heterocycles. The Bertz CT molecular complexity index is 772. The summed E-state index contributed by atoms with van der Waals surface area (Å²) in [6, 6.07) is 7.33. The molecule has 0 bridgehead atoms. The molecule has 0 saturated heterocycles. The molecule has 0 atom stereocenters. The van der Waals surface area contributed by atoms with Crippen molar-refractivity contribution in [2.24, 2.45) is 0 Å². The van der Waals surface area contributed by atoms with Gasteiger partial charge in [-0.3, -0.25) is 4.79 Å². The van der Waals surface area contributed by atoms with Crippen molar-refractivity contribution in [1.82, 2.24) is 14.5 Å². The predicted molar refractivity (Wildman–Crippen MR) is 73.8 cm³/mol. The maximum atomic E-state index is 12.3. The number of fused-ring (bicyclic) bond motifs is 1. The highest BCUT2D eigenvalue weighted by molar-refractivity contribution is 6.07. The van der Waals surface area contributed by atoms with Gasteiger partial charge in [0.25, 0.3) is 5.91 Å². The van der Waals surface area contributed by atoms with E-state index in [1.165, 1.54) is 0 Å². The molecule has 6 nitrogen and oxygen atoms in total. The average molecular weight is 270 g/mol. The molecule has 3 rings (SSSR count). The number of aryl methyl sites for hydroxylation is 2. The van der Waals surface area contributed by atoms with Crippen LogP contribution in [0.25, 0.3) is 5.52 Å². The molecule has 0 spiro atoms. The van der Waals surface area contributed by atoms with Gasteiger partial charge in [0.1, 0.15) is 11.6 Å². The van der Waals surface area contributed by atoms with E-state index in [9.17, 15) is 4.79 Å². The van der Waals surface area contributed by atoms with E-state index in [4.69, 9.17) is 4.52 Å². The molecule has 3 heterocycles. The first-order valence-electron chi connectivity index (χ1n) is 6.39. The van der Waals surface area contributed by atoms with Crippen molar-refractivity contribution in [1.29, 1.82) is 0 Å². The molecular formula is C14H14N4O2. The Morgan fingerprint density at radius 1 is 1.45 bits per heavy atom. The molecule has 20 heavy (non-hydrogen) atoms. The van der Waals surface area contributed by atoms with E-state index in [2.05, 4.69) is 15.5 Å². The zero-order chi connectivity index (χ0) is 14.1. The first kappa shape index (κ1) is 12.4. The Morgan fingerprint density at radius 2 is 2.30 bits per heavy atom. The van der Waals surface area contributed by atoms with Gasteiger partial charge in [-0.1, -0.05) is 18.1 Å². The quantitative estimate of drug-likeness (QED) is 0.793. The lowest BCUT2D eigenvalue weighted by atomic mass is 10.3. The van der Waals surface area contributed by atoms with Crippen LogP contribution in [0.5, 0.6) is 0 Å². The van der Waals surface area contributed by atoms with Gasteiger partial charge in [0.05, 0.1) is 5.52 Å². The summed E-state index contributed by atoms with van der Waals surface area (Å²) in [5, 5.41) is 6.44. The minimum Gasteiger partial charge on any atom is -0.360 e. The summed E-state index contributed by atoms with van der Waals surface area (Å²) >= 11 is 0. The highest BCUT2D eigenvalue weighted by atomic mass is 16.5. The van der Waals surface area contributed by atoms with Crippen LogP contribution >= 0.6 is 0 Å². The van der Waals surface area contributed by atoms with Crippen LogP contribution in [0, 0.1) is 6.92 Å². The number of pyridine rings is 1. The van der Waals surface area contributed by atoms with Gasteiger partial charge in [-0.2, -0.15) is 0 Å². The summed E-state index contributed by atoms with van der Waals surface area (Å²) in [5.74, 6) is 1.59. The minimum absolute atomic E-state index is 0.290. The highest BCUT2D eigenvalue weighted by Crippen LogP contribution is 2.16. The molecule has 1 N–H and O–H groups in total. The van der Waals surface area contributed by atoms with Crippen molar-refractivity contribution in [2.45, 2.75) is 20.3 Å². The third-order valence-electron chi connectivity index (χ3n) is 3.02. The van der Waals surface area contributed by atoms with E-state index in [0.29, 0.717) is 17.3 Å². The van der Waals surface area contributed by atoms with Gasteiger partial charge in [-0.05, 0) is 19.1 Å². The average Bonchev–Trinajstić information content (AvgIpc) is 3.02. The Labute approximate surface area is 115 Å². The number of hydrogen-bond acceptors (Lipinski definition) is 4. The lowest BCUT2D eigenvalue weighted by molar-refractivity contribution is 0.102. The van der Waals surface area contributed by atoms with Gasteiger partial charge in [-0.25, -0.2) is 4.98 Å². The minimum atomic E-state index is -0.290. The molecule has 0 unspecified atom stereocenters. The van der Waals surface area contributed by atoms with Crippen LogP contribution in [0.1, 0.15) is 29.0 Å². The topological polar surface area (TPSA) is 72.4 Å². The maximum Gasteiger partial charge on any atom is 0.277 e. The van der Waals surface area contributed by atoms with Crippen molar-refractivity contribution in [3.63, 3.8) is 0 Å². The van der Waals surface area contributed by atoms with Crippen LogP contribution in [0.3, 0.4) is 0 Å². The number of carbonyl (C=O) groups excluding carboxylic acids is 1. The zero-order valence-electron chi connectivity index (χ0n) is 11.3. The number of imidazole rings is 1. The number of carbonyl (C=O) groups is 1. The second kappa shape index (κ2) is 4.80. The fourth-order valence-electron chi connectivity index (χ4n) is 2.12. The van der Waals surface area contributed by atoms with E-state index in [1.807, 2.05) is 35.7 Å². The molecule has 1 amide bonds. The van der Waals surface area contributed by atoms with E-state index in [0.717, 1.165) is 17.8 Å². The number of rotatable bonds is 3. The number of hydrogen-bond donors (Lipinski definition) is 1. The van der Waals surface area contributed by atoms with Crippen LogP contribution in [0.4, 0.5) is 5.82 Å². The Kier molecular flexibility index (Phi) is 2.98. The Balaban J connectivity index is 1.99. The predicted octanol–water partition coefficient (Wildman–Crippen LogP) is 2.45. The lowest BCUT2D eigenvalue weighted by Gasteiger charge is -1.98. The standard InChI is InChI=1S/C14H14N4O2/c1-3-12-16-13(10-6-4-5-7-18(10)12)14(19)15-11-8-9(2)20-17-11/h4-8H,3H2,1-2H3,(H,15,17,19). The van der Waals surface area contributed by atoms with E-state index in [1.54, 1.807) is 13.0 Å². The van der Waals surface area contributed by atoms with Gasteiger partial charge in [0.15, 0.2) is 11.5 Å². The van der Waals surface area contributed by atoms with Gasteiger partial charge in [-0.15, -0.1) is 0 Å². The number of nitrogens with one attached hydrogen (secondary N) is 1. The first-order valence-corrected chi connectivity index (χ1v) is 6.39. The molecule has 0 radical (unpaired) electrons. The summed E-state index contributed by atoms with van der Waals surface area (Å²) in [7, 11) is 0. The van der Waals surface area contributed by atoms with Gasteiger partial charge in [0, 0.05) is 18.7 Å². The lowest BCUT2D eigenvalue weighted by Crippen LogP contribution is -2.13. The van der Waals surface area contributed by atoms with Crippen molar-refractivity contribution in [3.05, 3.63) is 47.7 Å². The highest BCUT2D eigenvalue weighted by Gasteiger charge is 2.17. The van der Waals surface area contributed by atoms with Crippen LogP contribution in [0.2, 0.25) is 0 Å². The molecule has 0 aliphatic rings. The van der Waals surface area contributed by atoms with Crippen molar-refractivity contribution in [3.8, 4) is 0 Å². The summed E-state index contributed by atoms with van der Waals surface area (Å²) in [6.45, 7) is 3.77. The summed E-state index contributed by atoms with van der Waals surface area (Å²) in [4.78, 5) is 16.7. The summed E-state index contributed by atoms with van der Waals surface area (Å²) in [6.07, 6.45) is 2.65. The smallest absolute Gasteiger partial charge is 0.277 e. The molecule has 0 fully saturated rings. The number of aromatic nitrogens is 3. The first-order chi connectivity index (χ1) is 9.69. The van der Waals surface area contributed by atoms with Crippen LogP contribution in [-0.4, -0.2) is 20.4 Å². The van der Waals surface area contributed by atoms with Gasteiger partial charge >= 0.3 is 0 Å². The van der Waals surface area contributed by atoms with E-state index < -0.39 is 0 Å². The van der Waals surface area contributed by atoms with Crippen LogP contribution in [-0.2, 0) is 6.42 Å². The molecular weight excluding hydrogens is 256 g/mol. The Morgan fingerprint density at radius 3 is 3.00 bits per heavy atom. The third-order valence-corrected chi connectivity index (χ3v) is 3.02. The molecule has 3 aromatic rings. The summed E-state index contributed by atoms with van der Waals surface area (Å²) < 4.78 is 6.84. The van der Waals surface area contributed by atoms with E-state index in [-0.39, 0.29) is 5.91 Å². The maximum absolute atomic E-state index is 12.3. The second-order valence-corrected chi connectivity index (χ2v) is 4.46. The number of amides is 1. The molecule has 0 aliphatic heterocycles. The summed E-state index contributed by atoms with van der Waals surface area (Å²) in [5.41, 5.74) is 1.17. The van der Waals surface area contributed by atoms with Crippen molar-refractivity contribution >= 4 is 17.2 Å². The fraction of sp³-hybridized carbons (Fsp3) is 0.214. The fourth-order valence-corrected chi connectivity index (χ4v) is 2.12. The largest absolute Gasteiger partial charge is 0.360 e. The number of anilines is 1. The molecule has 102 valence electrons. The zero-order valence-corrected chi connectivity index (χ0v) is 11.3. The molecule has 0 aromatic carbocycles. The van der Waals surface area contributed by atoms with Crippen LogP contribution in [0.15, 0.2) is 35.0 Å². The Hall–Kier alpha value is -2.63. The van der Waals surface area contributed by atoms with Crippen molar-refractivity contribution in [2.75, 3.05) is 5.32 Å². The van der Waals surface area contributed by atoms with Gasteiger partial charge in [0.2, 0.25) is 0 Å². The monoisotopic (exact) mass is 270 g/mol. The second-order valence-electron chi connectivity index (χ2n) is 4.46. The third kappa shape index (κ3) is 2.05. The molecule has 0 saturated carbocycles. The molecule has 0 aliphatic carbocycles. The van der Waals surface area contributed by atoms with Gasteiger partial charge < -0.3 is 14.2 Å². The van der Waals surface area contributed by atoms with Crippen molar-refractivity contribution < 1.29 is 9.32 Å². The number of nitrogens with zero attached hydrogens (tertiary/aromatic N) is 3. The van der Waals surface area contributed by atoms with Crippen LogP contribution < -0.4 is 5.32 Å². The van der Waals surface area contributed by atoms with E-state index >= 15 is 0 Å². The molecule has 6 heteroatoms. The SMILES string of the molecule is CCc1nc(C(=O)Nc2cc(C)on2)c2ccccn12. The normalized spacial score (nSPS) is 10.9.